The van der Waals surface area contributed by atoms with Crippen LogP contribution in [0, 0.1) is 12.8 Å². The molecule has 1 N–H and O–H groups in total. The van der Waals surface area contributed by atoms with Gasteiger partial charge in [0.1, 0.15) is 9.84 Å². The minimum Gasteiger partial charge on any atom is -0.317 e. The minimum atomic E-state index is -2.88. The number of hydrogen-bond acceptors (Lipinski definition) is 3. The highest BCUT2D eigenvalue weighted by Gasteiger charge is 2.16. The van der Waals surface area contributed by atoms with Gasteiger partial charge in [0.05, 0.1) is 5.75 Å². The Balaban J connectivity index is 2.65. The molecule has 3 nitrogen and oxygen atoms in total. The third-order valence-corrected chi connectivity index (χ3v) is 5.69. The van der Waals surface area contributed by atoms with Crippen LogP contribution in [0.2, 0.25) is 0 Å². The molecule has 0 saturated heterocycles. The van der Waals surface area contributed by atoms with E-state index in [0.717, 1.165) is 25.9 Å². The first kappa shape index (κ1) is 18.2. The van der Waals surface area contributed by atoms with E-state index < -0.39 is 9.84 Å². The van der Waals surface area contributed by atoms with Crippen molar-refractivity contribution in [1.82, 2.24) is 5.32 Å². The molecule has 0 radical (unpaired) electrons. The lowest BCUT2D eigenvalue weighted by molar-refractivity contribution is 0.464. The molecule has 0 aliphatic heterocycles. The summed E-state index contributed by atoms with van der Waals surface area (Å²) in [6, 6.07) is 8.37. The van der Waals surface area contributed by atoms with Crippen molar-refractivity contribution in [3.8, 4) is 0 Å². The van der Waals surface area contributed by atoms with Gasteiger partial charge in [0, 0.05) is 5.75 Å². The summed E-state index contributed by atoms with van der Waals surface area (Å²) in [5.41, 5.74) is 2.61. The van der Waals surface area contributed by atoms with Crippen LogP contribution in [0.4, 0.5) is 0 Å². The first-order chi connectivity index (χ1) is 9.98. The fourth-order valence-electron chi connectivity index (χ4n) is 2.53. The standard InChI is InChI=1S/C17H29NO2S/c1-4-11-21(19,20)12-10-16(14-18-5-2)13-17-9-7-6-8-15(17)3/h6-9,16,18H,4-5,10-14H2,1-3H3. The van der Waals surface area contributed by atoms with E-state index in [1.54, 1.807) is 0 Å². The molecule has 1 unspecified atom stereocenters. The third-order valence-electron chi connectivity index (χ3n) is 3.81. The molecule has 120 valence electrons. The minimum absolute atomic E-state index is 0.308. The zero-order chi connectivity index (χ0) is 15.7. The topological polar surface area (TPSA) is 46.2 Å². The molecule has 0 aromatic heterocycles. The first-order valence-electron chi connectivity index (χ1n) is 7.94. The van der Waals surface area contributed by atoms with Crippen molar-refractivity contribution < 1.29 is 8.42 Å². The Bertz CT molecular complexity index is 511. The van der Waals surface area contributed by atoms with Crippen molar-refractivity contribution in [2.24, 2.45) is 5.92 Å². The molecule has 0 heterocycles. The van der Waals surface area contributed by atoms with Crippen molar-refractivity contribution >= 4 is 9.84 Å². The summed E-state index contributed by atoms with van der Waals surface area (Å²) in [6.45, 7) is 7.92. The van der Waals surface area contributed by atoms with Gasteiger partial charge in [-0.2, -0.15) is 0 Å². The zero-order valence-corrected chi connectivity index (χ0v) is 14.4. The van der Waals surface area contributed by atoms with E-state index in [1.165, 1.54) is 11.1 Å². The average molecular weight is 311 g/mol. The quantitative estimate of drug-likeness (QED) is 0.722. The predicted molar refractivity (Wildman–Crippen MR) is 90.5 cm³/mol. The van der Waals surface area contributed by atoms with E-state index in [0.29, 0.717) is 23.8 Å². The Morgan fingerprint density at radius 3 is 2.48 bits per heavy atom. The number of hydrogen-bond donors (Lipinski definition) is 1. The van der Waals surface area contributed by atoms with Crippen LogP contribution < -0.4 is 5.32 Å². The molecule has 0 aliphatic rings. The number of sulfone groups is 1. The normalized spacial score (nSPS) is 13.3. The van der Waals surface area contributed by atoms with Crippen LogP contribution in [0.25, 0.3) is 0 Å². The summed E-state index contributed by atoms with van der Waals surface area (Å²) in [5.74, 6) is 0.992. The van der Waals surface area contributed by atoms with Gasteiger partial charge >= 0.3 is 0 Å². The van der Waals surface area contributed by atoms with Gasteiger partial charge < -0.3 is 5.32 Å². The molecule has 0 fully saturated rings. The average Bonchev–Trinajstić information content (AvgIpc) is 2.44. The highest BCUT2D eigenvalue weighted by atomic mass is 32.2. The van der Waals surface area contributed by atoms with E-state index >= 15 is 0 Å². The van der Waals surface area contributed by atoms with Crippen molar-refractivity contribution in [2.75, 3.05) is 24.6 Å². The molecular formula is C17H29NO2S. The molecule has 0 spiro atoms. The number of rotatable bonds is 10. The Labute approximate surface area is 130 Å². The first-order valence-corrected chi connectivity index (χ1v) is 9.76. The molecule has 0 saturated carbocycles. The van der Waals surface area contributed by atoms with E-state index in [9.17, 15) is 8.42 Å². The highest BCUT2D eigenvalue weighted by molar-refractivity contribution is 7.91. The molecule has 1 atom stereocenters. The summed E-state index contributed by atoms with van der Waals surface area (Å²) in [4.78, 5) is 0. The molecule has 0 aliphatic carbocycles. The van der Waals surface area contributed by atoms with Crippen molar-refractivity contribution in [3.63, 3.8) is 0 Å². The van der Waals surface area contributed by atoms with Gasteiger partial charge in [-0.05, 0) is 56.3 Å². The Morgan fingerprint density at radius 1 is 1.14 bits per heavy atom. The molecule has 0 bridgehead atoms. The molecule has 0 amide bonds. The second-order valence-electron chi connectivity index (χ2n) is 5.74. The van der Waals surface area contributed by atoms with Gasteiger partial charge in [-0.1, -0.05) is 38.1 Å². The van der Waals surface area contributed by atoms with Gasteiger partial charge in [0.25, 0.3) is 0 Å². The van der Waals surface area contributed by atoms with Crippen LogP contribution in [-0.4, -0.2) is 33.0 Å². The van der Waals surface area contributed by atoms with Gasteiger partial charge in [0.2, 0.25) is 0 Å². The number of nitrogens with one attached hydrogen (secondary N) is 1. The maximum atomic E-state index is 11.9. The molecule has 4 heteroatoms. The summed E-state index contributed by atoms with van der Waals surface area (Å²) in [5, 5.41) is 3.36. The van der Waals surface area contributed by atoms with Gasteiger partial charge in [-0.25, -0.2) is 8.42 Å². The van der Waals surface area contributed by atoms with E-state index in [4.69, 9.17) is 0 Å². The second kappa shape index (κ2) is 9.21. The fraction of sp³-hybridized carbons (Fsp3) is 0.647. The monoisotopic (exact) mass is 311 g/mol. The predicted octanol–water partition coefficient (Wildman–Crippen LogP) is 2.98. The van der Waals surface area contributed by atoms with E-state index in [1.807, 2.05) is 13.0 Å². The Morgan fingerprint density at radius 2 is 1.86 bits per heavy atom. The molecule has 1 aromatic rings. The third kappa shape index (κ3) is 7.09. The Hall–Kier alpha value is -0.870. The van der Waals surface area contributed by atoms with Crippen LogP contribution in [0.3, 0.4) is 0 Å². The highest BCUT2D eigenvalue weighted by Crippen LogP contribution is 2.16. The van der Waals surface area contributed by atoms with Crippen LogP contribution in [0.15, 0.2) is 24.3 Å². The maximum Gasteiger partial charge on any atom is 0.150 e. The van der Waals surface area contributed by atoms with Gasteiger partial charge in [-0.15, -0.1) is 0 Å². The molecule has 1 rings (SSSR count). The van der Waals surface area contributed by atoms with Crippen LogP contribution in [-0.2, 0) is 16.3 Å². The lowest BCUT2D eigenvalue weighted by Gasteiger charge is -2.18. The summed E-state index contributed by atoms with van der Waals surface area (Å²) in [7, 11) is -2.88. The van der Waals surface area contributed by atoms with Crippen molar-refractivity contribution in [3.05, 3.63) is 35.4 Å². The maximum absolute atomic E-state index is 11.9. The fourth-order valence-corrected chi connectivity index (χ4v) is 4.05. The molecular weight excluding hydrogens is 282 g/mol. The largest absolute Gasteiger partial charge is 0.317 e. The molecule has 21 heavy (non-hydrogen) atoms. The van der Waals surface area contributed by atoms with E-state index in [2.05, 4.69) is 37.4 Å². The van der Waals surface area contributed by atoms with Gasteiger partial charge in [0.15, 0.2) is 0 Å². The van der Waals surface area contributed by atoms with E-state index in [-0.39, 0.29) is 0 Å². The van der Waals surface area contributed by atoms with Crippen LogP contribution in [0.5, 0.6) is 0 Å². The number of benzene rings is 1. The smallest absolute Gasteiger partial charge is 0.150 e. The number of aryl methyl sites for hydroxylation is 1. The zero-order valence-electron chi connectivity index (χ0n) is 13.6. The second-order valence-corrected chi connectivity index (χ2v) is 8.05. The Kier molecular flexibility index (Phi) is 7.97. The SMILES string of the molecule is CCCS(=O)(=O)CCC(CNCC)Cc1ccccc1C. The van der Waals surface area contributed by atoms with Crippen molar-refractivity contribution in [1.29, 1.82) is 0 Å². The lowest BCUT2D eigenvalue weighted by atomic mass is 9.94. The summed E-state index contributed by atoms with van der Waals surface area (Å²) in [6.07, 6.45) is 2.39. The summed E-state index contributed by atoms with van der Waals surface area (Å²) < 4.78 is 23.8. The van der Waals surface area contributed by atoms with Gasteiger partial charge in [-0.3, -0.25) is 0 Å². The van der Waals surface area contributed by atoms with Crippen LogP contribution >= 0.6 is 0 Å². The summed E-state index contributed by atoms with van der Waals surface area (Å²) >= 11 is 0. The molecule has 1 aromatic carbocycles. The van der Waals surface area contributed by atoms with Crippen LogP contribution in [0.1, 0.15) is 37.8 Å². The van der Waals surface area contributed by atoms with Crippen molar-refractivity contribution in [2.45, 2.75) is 40.0 Å². The lowest BCUT2D eigenvalue weighted by Crippen LogP contribution is -2.26.